The molecule has 1 heterocycles. The highest BCUT2D eigenvalue weighted by Crippen LogP contribution is 2.68. The Morgan fingerprint density at radius 2 is 1.48 bits per heavy atom. The van der Waals surface area contributed by atoms with Crippen molar-refractivity contribution in [3.05, 3.63) is 0 Å². The third kappa shape index (κ3) is 5.31. The minimum absolute atomic E-state index is 0.0220. The van der Waals surface area contributed by atoms with Crippen molar-refractivity contribution in [1.29, 1.82) is 0 Å². The lowest BCUT2D eigenvalue weighted by Crippen LogP contribution is -2.59. The Kier molecular flexibility index (Phi) is 9.06. The predicted octanol–water partition coefficient (Wildman–Crippen LogP) is 2.84. The van der Waals surface area contributed by atoms with Crippen LogP contribution >= 0.6 is 0 Å². The maximum atomic E-state index is 11.6. The summed E-state index contributed by atoms with van der Waals surface area (Å²) in [6.45, 7) is 11.1. The summed E-state index contributed by atoms with van der Waals surface area (Å²) in [5.74, 6) is 2.09. The number of fused-ring (bicyclic) bond motifs is 5. The van der Waals surface area contributed by atoms with Crippen LogP contribution in [0.5, 0.6) is 0 Å². The van der Waals surface area contributed by atoms with Crippen LogP contribution in [0.3, 0.4) is 0 Å². The van der Waals surface area contributed by atoms with Crippen molar-refractivity contribution in [2.75, 3.05) is 6.61 Å². The molecule has 8 heteroatoms. The predicted molar refractivity (Wildman–Crippen MR) is 150 cm³/mol. The molecule has 6 unspecified atom stereocenters. The molecule has 0 amide bonds. The molecule has 4 saturated carbocycles. The van der Waals surface area contributed by atoms with E-state index in [1.807, 2.05) is 0 Å². The molecule has 4 aliphatic carbocycles. The zero-order valence-corrected chi connectivity index (χ0v) is 25.2. The van der Waals surface area contributed by atoms with Crippen LogP contribution in [0.2, 0.25) is 0 Å². The molecule has 0 aromatic heterocycles. The van der Waals surface area contributed by atoms with Crippen LogP contribution in [0, 0.1) is 52.3 Å². The minimum Gasteiger partial charge on any atom is -0.393 e. The number of hydrogen-bond donors (Lipinski definition) is 6. The van der Waals surface area contributed by atoms with Gasteiger partial charge in [0.1, 0.15) is 18.3 Å². The van der Waals surface area contributed by atoms with Crippen molar-refractivity contribution >= 4 is 0 Å². The Labute approximate surface area is 240 Å². The molecule has 5 aliphatic rings. The van der Waals surface area contributed by atoms with Crippen LogP contribution in [-0.4, -0.2) is 86.3 Å². The van der Waals surface area contributed by atoms with Gasteiger partial charge in [-0.3, -0.25) is 0 Å². The van der Waals surface area contributed by atoms with Gasteiger partial charge in [-0.05, 0) is 110 Å². The van der Waals surface area contributed by atoms with Gasteiger partial charge in [0, 0.05) is 0 Å². The van der Waals surface area contributed by atoms with E-state index in [2.05, 4.69) is 34.6 Å². The normalized spacial score (nSPS) is 52.5. The van der Waals surface area contributed by atoms with Crippen molar-refractivity contribution in [2.45, 2.75) is 141 Å². The zero-order chi connectivity index (χ0) is 29.1. The lowest BCUT2D eigenvalue weighted by atomic mass is 9.43. The summed E-state index contributed by atoms with van der Waals surface area (Å²) in [4.78, 5) is 0. The van der Waals surface area contributed by atoms with Gasteiger partial charge in [0.15, 0.2) is 6.29 Å². The minimum atomic E-state index is -1.29. The molecule has 0 aromatic carbocycles. The van der Waals surface area contributed by atoms with E-state index in [1.165, 1.54) is 0 Å². The van der Waals surface area contributed by atoms with Crippen LogP contribution in [0.4, 0.5) is 0 Å². The molecule has 0 spiro atoms. The van der Waals surface area contributed by atoms with Crippen LogP contribution in [0.25, 0.3) is 0 Å². The van der Waals surface area contributed by atoms with Crippen LogP contribution < -0.4 is 0 Å². The van der Waals surface area contributed by atoms with Gasteiger partial charge in [-0.25, -0.2) is 0 Å². The summed E-state index contributed by atoms with van der Waals surface area (Å²) >= 11 is 0. The van der Waals surface area contributed by atoms with Crippen molar-refractivity contribution < 1.29 is 40.1 Å². The summed E-state index contributed by atoms with van der Waals surface area (Å²) in [6.07, 6.45) is 2.05. The van der Waals surface area contributed by atoms with Crippen molar-refractivity contribution in [3.63, 3.8) is 0 Å². The topological polar surface area (TPSA) is 140 Å². The Morgan fingerprint density at radius 3 is 2.17 bits per heavy atom. The van der Waals surface area contributed by atoms with Gasteiger partial charge in [0.2, 0.25) is 0 Å². The van der Waals surface area contributed by atoms with Crippen LogP contribution in [0.1, 0.15) is 92.4 Å². The molecule has 0 bridgehead atoms. The number of hydrogen-bond acceptors (Lipinski definition) is 8. The van der Waals surface area contributed by atoms with Gasteiger partial charge in [0.05, 0.1) is 31.0 Å². The average molecular weight is 569 g/mol. The zero-order valence-electron chi connectivity index (χ0n) is 25.2. The molecule has 1 aliphatic heterocycles. The van der Waals surface area contributed by atoms with Crippen LogP contribution in [0.15, 0.2) is 0 Å². The van der Waals surface area contributed by atoms with E-state index in [-0.39, 0.29) is 53.5 Å². The maximum Gasteiger partial charge on any atom is 0.186 e. The van der Waals surface area contributed by atoms with Gasteiger partial charge >= 0.3 is 0 Å². The molecule has 232 valence electrons. The second-order valence-electron chi connectivity index (χ2n) is 15.3. The lowest BCUT2D eigenvalue weighted by Gasteiger charge is -2.62. The van der Waals surface area contributed by atoms with E-state index >= 15 is 0 Å². The average Bonchev–Trinajstić information content (AvgIpc) is 3.17. The number of ether oxygens (including phenoxy) is 2. The third-order valence-corrected chi connectivity index (χ3v) is 12.8. The smallest absolute Gasteiger partial charge is 0.186 e. The van der Waals surface area contributed by atoms with Crippen LogP contribution in [-0.2, 0) is 9.47 Å². The molecule has 16 atom stereocenters. The highest BCUT2D eigenvalue weighted by molar-refractivity contribution is 5.13. The van der Waals surface area contributed by atoms with E-state index < -0.39 is 30.7 Å². The quantitative estimate of drug-likeness (QED) is 0.276. The molecular weight excluding hydrogens is 512 g/mol. The second kappa shape index (κ2) is 11.6. The highest BCUT2D eigenvalue weighted by atomic mass is 16.7. The first-order chi connectivity index (χ1) is 18.8. The van der Waals surface area contributed by atoms with Crippen molar-refractivity contribution in [1.82, 2.24) is 0 Å². The van der Waals surface area contributed by atoms with E-state index in [0.717, 1.165) is 51.4 Å². The van der Waals surface area contributed by atoms with Gasteiger partial charge in [-0.1, -0.05) is 34.6 Å². The Bertz CT molecular complexity index is 870. The number of aliphatic hydroxyl groups is 6. The van der Waals surface area contributed by atoms with Gasteiger partial charge in [-0.15, -0.1) is 0 Å². The molecule has 40 heavy (non-hydrogen) atoms. The first kappa shape index (κ1) is 31.1. The number of aliphatic hydroxyl groups excluding tert-OH is 6. The Hall–Kier alpha value is -0.320. The van der Waals surface area contributed by atoms with E-state index in [9.17, 15) is 30.6 Å². The molecule has 1 saturated heterocycles. The largest absolute Gasteiger partial charge is 0.393 e. The molecule has 8 nitrogen and oxygen atoms in total. The Morgan fingerprint density at radius 1 is 0.775 bits per heavy atom. The molecule has 6 N–H and O–H groups in total. The fourth-order valence-corrected chi connectivity index (χ4v) is 10.5. The lowest BCUT2D eigenvalue weighted by molar-refractivity contribution is -0.286. The van der Waals surface area contributed by atoms with Gasteiger partial charge < -0.3 is 40.1 Å². The highest BCUT2D eigenvalue weighted by Gasteiger charge is 2.64. The monoisotopic (exact) mass is 568 g/mol. The van der Waals surface area contributed by atoms with E-state index in [1.54, 1.807) is 0 Å². The van der Waals surface area contributed by atoms with Gasteiger partial charge in [0.25, 0.3) is 0 Å². The molecular formula is C32H56O8. The molecule has 5 fully saturated rings. The molecule has 0 radical (unpaired) electrons. The van der Waals surface area contributed by atoms with E-state index in [4.69, 9.17) is 9.47 Å². The summed E-state index contributed by atoms with van der Waals surface area (Å²) < 4.78 is 11.7. The second-order valence-corrected chi connectivity index (χ2v) is 15.3. The maximum absolute atomic E-state index is 11.6. The summed E-state index contributed by atoms with van der Waals surface area (Å²) in [5.41, 5.74) is 0.0533. The first-order valence-corrected chi connectivity index (χ1v) is 16.1. The Balaban J connectivity index is 1.26. The van der Waals surface area contributed by atoms with E-state index in [0.29, 0.717) is 30.1 Å². The standard InChI is InChI=1S/C32H56O8/c1-16(2)26(40-30-29(38)28(37)25(36)15-39-30)7-6-17(3)21-14-24(35)27-19-13-23(34)22-12-18(33)8-10-31(22,4)20(19)9-11-32(21,27)5/h16-30,33-38H,6-15H2,1-5H3/t17?,18-,19?,20?,21+,22?,23-,24?,25+,26-,27?,28-,29+,30-,31+,32+/m0/s1. The first-order valence-electron chi connectivity index (χ1n) is 16.1. The molecule has 5 rings (SSSR count). The van der Waals surface area contributed by atoms with Crippen molar-refractivity contribution in [3.8, 4) is 0 Å². The number of rotatable bonds is 7. The fourth-order valence-electron chi connectivity index (χ4n) is 10.5. The summed E-state index contributed by atoms with van der Waals surface area (Å²) in [7, 11) is 0. The van der Waals surface area contributed by atoms with Crippen molar-refractivity contribution in [2.24, 2.45) is 52.3 Å². The third-order valence-electron chi connectivity index (χ3n) is 12.8. The fraction of sp³-hybridized carbons (Fsp3) is 1.00. The summed E-state index contributed by atoms with van der Waals surface area (Å²) in [6, 6.07) is 0. The van der Waals surface area contributed by atoms with Gasteiger partial charge in [-0.2, -0.15) is 0 Å². The summed E-state index contributed by atoms with van der Waals surface area (Å²) in [5, 5.41) is 63.5. The SMILES string of the molecule is CC(C)[C@H](CCC(C)[C@H]1CC(O)C2C3C[C@H](O)C4C[C@@H](O)CC[C@]4(C)C3CC[C@@]21C)O[C@@H]1OC[C@@H](O)[C@H](O)[C@H]1O. The molecule has 0 aromatic rings.